The molecule has 0 heterocycles. The molecule has 0 aliphatic heterocycles. The van der Waals surface area contributed by atoms with E-state index in [-0.39, 0.29) is 5.92 Å². The topological polar surface area (TPSA) is 26.3 Å². The summed E-state index contributed by atoms with van der Waals surface area (Å²) >= 11 is 0. The second-order valence-electron chi connectivity index (χ2n) is 5.78. The van der Waals surface area contributed by atoms with Crippen molar-refractivity contribution in [3.8, 4) is 0 Å². The van der Waals surface area contributed by atoms with Crippen molar-refractivity contribution < 1.29 is 9.53 Å². The maximum Gasteiger partial charge on any atom is 0.126 e. The maximum absolute atomic E-state index is 11.2. The highest BCUT2D eigenvalue weighted by Crippen LogP contribution is 2.39. The molecule has 2 aliphatic rings. The third-order valence-corrected chi connectivity index (χ3v) is 4.40. The molecule has 0 amide bonds. The van der Waals surface area contributed by atoms with Gasteiger partial charge in [0.15, 0.2) is 0 Å². The monoisotopic (exact) mass is 237 g/mol. The third kappa shape index (κ3) is 4.09. The van der Waals surface area contributed by atoms with E-state index in [1.54, 1.807) is 7.11 Å². The summed E-state index contributed by atoms with van der Waals surface area (Å²) in [6, 6.07) is 0. The van der Waals surface area contributed by atoms with Gasteiger partial charge >= 0.3 is 0 Å². The van der Waals surface area contributed by atoms with Crippen molar-refractivity contribution in [1.29, 1.82) is 0 Å². The first-order valence-corrected chi connectivity index (χ1v) is 7.18. The molecule has 0 aromatic heterocycles. The molecule has 0 aromatic rings. The lowest BCUT2D eigenvalue weighted by atomic mass is 9.90. The van der Waals surface area contributed by atoms with Crippen LogP contribution in [0.4, 0.5) is 0 Å². The molecule has 0 aromatic carbocycles. The van der Waals surface area contributed by atoms with E-state index >= 15 is 0 Å². The Kier molecular flexibility index (Phi) is 5.02. The lowest BCUT2D eigenvalue weighted by Crippen LogP contribution is -2.17. The van der Waals surface area contributed by atoms with Crippen LogP contribution in [0, 0.1) is 23.9 Å². The summed E-state index contributed by atoms with van der Waals surface area (Å²) < 4.78 is 5.48. The van der Waals surface area contributed by atoms with Gasteiger partial charge in [0, 0.05) is 13.0 Å². The maximum atomic E-state index is 11.2. The van der Waals surface area contributed by atoms with Crippen LogP contribution in [-0.4, -0.2) is 13.4 Å². The van der Waals surface area contributed by atoms with Gasteiger partial charge in [-0.05, 0) is 31.1 Å². The fourth-order valence-electron chi connectivity index (χ4n) is 3.06. The van der Waals surface area contributed by atoms with Gasteiger partial charge < -0.3 is 9.53 Å². The predicted octanol–water partition coefficient (Wildman–Crippen LogP) is 3.75. The van der Waals surface area contributed by atoms with Crippen LogP contribution in [0.1, 0.15) is 57.8 Å². The van der Waals surface area contributed by atoms with E-state index < -0.39 is 0 Å². The summed E-state index contributed by atoms with van der Waals surface area (Å²) in [7, 11) is 1.73. The molecule has 0 unspecified atom stereocenters. The summed E-state index contributed by atoms with van der Waals surface area (Å²) in [4.78, 5) is 11.2. The molecule has 0 spiro atoms. The normalized spacial score (nSPS) is 23.2. The van der Waals surface area contributed by atoms with Crippen molar-refractivity contribution in [2.45, 2.75) is 57.8 Å². The molecule has 2 saturated carbocycles. The second kappa shape index (κ2) is 6.53. The zero-order chi connectivity index (χ0) is 12.1. The van der Waals surface area contributed by atoms with Gasteiger partial charge in [-0.25, -0.2) is 0 Å². The van der Waals surface area contributed by atoms with Crippen molar-refractivity contribution in [2.75, 3.05) is 7.11 Å². The van der Waals surface area contributed by atoms with E-state index in [0.29, 0.717) is 0 Å². The number of ether oxygens (including phenoxy) is 1. The van der Waals surface area contributed by atoms with Gasteiger partial charge in [0.2, 0.25) is 0 Å². The molecule has 17 heavy (non-hydrogen) atoms. The van der Waals surface area contributed by atoms with Gasteiger partial charge in [0.05, 0.1) is 0 Å². The highest BCUT2D eigenvalue weighted by Gasteiger charge is 2.31. The van der Waals surface area contributed by atoms with Crippen molar-refractivity contribution in [2.24, 2.45) is 17.8 Å². The van der Waals surface area contributed by atoms with E-state index in [1.807, 2.05) is 0 Å². The Labute approximate surface area is 105 Å². The molecule has 0 bridgehead atoms. The Balaban J connectivity index is 1.74. The average molecular weight is 237 g/mol. The quantitative estimate of drug-likeness (QED) is 0.601. The van der Waals surface area contributed by atoms with Crippen LogP contribution >= 0.6 is 0 Å². The minimum atomic E-state index is 0.0638. The van der Waals surface area contributed by atoms with Crippen LogP contribution in [0.25, 0.3) is 0 Å². The molecule has 2 fully saturated rings. The van der Waals surface area contributed by atoms with Crippen LogP contribution in [0.2, 0.25) is 0 Å². The molecule has 97 valence electrons. The number of rotatable bonds is 8. The number of aldehydes is 1. The minimum Gasteiger partial charge on any atom is -0.374 e. The molecule has 2 heteroatoms. The summed E-state index contributed by atoms with van der Waals surface area (Å²) in [5, 5.41) is 0. The first-order chi connectivity index (χ1) is 8.33. The summed E-state index contributed by atoms with van der Waals surface area (Å²) in [5.74, 6) is 1.74. The van der Waals surface area contributed by atoms with E-state index in [2.05, 4.69) is 0 Å². The molecule has 2 aliphatic carbocycles. The number of methoxy groups -OCH3 is 1. The van der Waals surface area contributed by atoms with Crippen molar-refractivity contribution in [3.63, 3.8) is 0 Å². The highest BCUT2D eigenvalue weighted by molar-refractivity contribution is 5.56. The summed E-state index contributed by atoms with van der Waals surface area (Å²) in [6.45, 7) is 0. The Morgan fingerprint density at radius 1 is 1.24 bits per heavy atom. The van der Waals surface area contributed by atoms with E-state index in [1.165, 1.54) is 44.9 Å². The molecule has 2 rings (SSSR count). The van der Waals surface area contributed by atoms with E-state index in [9.17, 15) is 4.79 Å². The fourth-order valence-corrected chi connectivity index (χ4v) is 3.06. The van der Waals surface area contributed by atoms with Crippen LogP contribution in [0.15, 0.2) is 0 Å². The molecular weight excluding hydrogens is 212 g/mol. The molecular formula is C15H25O2. The molecule has 1 radical (unpaired) electrons. The lowest BCUT2D eigenvalue weighted by Gasteiger charge is -2.21. The van der Waals surface area contributed by atoms with Gasteiger partial charge in [-0.2, -0.15) is 0 Å². The number of carbonyl (C=O) groups is 1. The lowest BCUT2D eigenvalue weighted by molar-refractivity contribution is -0.112. The van der Waals surface area contributed by atoms with Gasteiger partial charge in [0.25, 0.3) is 0 Å². The summed E-state index contributed by atoms with van der Waals surface area (Å²) in [6.07, 6.45) is 13.6. The zero-order valence-corrected chi connectivity index (χ0v) is 11.0. The largest absolute Gasteiger partial charge is 0.374 e. The number of hydrogen-bond acceptors (Lipinski definition) is 2. The highest BCUT2D eigenvalue weighted by atomic mass is 16.5. The molecule has 1 atom stereocenters. The Morgan fingerprint density at radius 3 is 2.47 bits per heavy atom. The SMILES string of the molecule is CO[C](CCC1CCCC1)[C@H](C=O)CC1CC1. The third-order valence-electron chi connectivity index (χ3n) is 4.40. The van der Waals surface area contributed by atoms with Crippen molar-refractivity contribution >= 4 is 6.29 Å². The Morgan fingerprint density at radius 2 is 1.94 bits per heavy atom. The minimum absolute atomic E-state index is 0.0638. The zero-order valence-electron chi connectivity index (χ0n) is 11.0. The smallest absolute Gasteiger partial charge is 0.126 e. The molecule has 2 nitrogen and oxygen atoms in total. The first-order valence-electron chi connectivity index (χ1n) is 7.18. The van der Waals surface area contributed by atoms with Gasteiger partial charge in [0.1, 0.15) is 12.4 Å². The molecule has 0 saturated heterocycles. The van der Waals surface area contributed by atoms with Gasteiger partial charge in [-0.3, -0.25) is 0 Å². The van der Waals surface area contributed by atoms with Crippen LogP contribution in [0.5, 0.6) is 0 Å². The van der Waals surface area contributed by atoms with Gasteiger partial charge in [-0.15, -0.1) is 0 Å². The van der Waals surface area contributed by atoms with Crippen molar-refractivity contribution in [1.82, 2.24) is 0 Å². The summed E-state index contributed by atoms with van der Waals surface area (Å²) in [5.41, 5.74) is 0. The number of hydrogen-bond donors (Lipinski definition) is 0. The fraction of sp³-hybridized carbons (Fsp3) is 0.867. The van der Waals surface area contributed by atoms with Crippen molar-refractivity contribution in [3.05, 3.63) is 6.10 Å². The molecule has 0 N–H and O–H groups in total. The standard InChI is InChI=1S/C15H25O2/c1-17-15(9-8-12-4-2-3-5-12)14(11-16)10-13-6-7-13/h11-14H,2-10H2,1H3/t14-/m0/s1. The van der Waals surface area contributed by atoms with E-state index in [4.69, 9.17) is 4.74 Å². The second-order valence-corrected chi connectivity index (χ2v) is 5.78. The average Bonchev–Trinajstić information content (AvgIpc) is 3.02. The van der Waals surface area contributed by atoms with Crippen LogP contribution < -0.4 is 0 Å². The predicted molar refractivity (Wildman–Crippen MR) is 68.3 cm³/mol. The van der Waals surface area contributed by atoms with E-state index in [0.717, 1.165) is 37.1 Å². The van der Waals surface area contributed by atoms with Crippen LogP contribution in [0.3, 0.4) is 0 Å². The Hall–Kier alpha value is -0.370. The first kappa shape index (κ1) is 13.1. The number of carbonyl (C=O) groups excluding carboxylic acids is 1. The Bertz CT molecular complexity index is 229. The van der Waals surface area contributed by atoms with Gasteiger partial charge in [-0.1, -0.05) is 38.5 Å². The van der Waals surface area contributed by atoms with Crippen LogP contribution in [-0.2, 0) is 9.53 Å².